The van der Waals surface area contributed by atoms with Crippen molar-refractivity contribution >= 4 is 60.2 Å². The first kappa shape index (κ1) is 23.3. The highest BCUT2D eigenvalue weighted by Crippen LogP contribution is 2.19. The Balaban J connectivity index is 0.00000192. The van der Waals surface area contributed by atoms with E-state index in [2.05, 4.69) is 16.0 Å². The van der Waals surface area contributed by atoms with Gasteiger partial charge >= 0.3 is 0 Å². The van der Waals surface area contributed by atoms with Crippen molar-refractivity contribution in [3.63, 3.8) is 0 Å². The monoisotopic (exact) mass is 404 g/mol. The van der Waals surface area contributed by atoms with Gasteiger partial charge in [-0.1, -0.05) is 12.1 Å². The molecule has 0 aliphatic carbocycles. The van der Waals surface area contributed by atoms with E-state index < -0.39 is 0 Å². The van der Waals surface area contributed by atoms with E-state index in [9.17, 15) is 4.79 Å². The Bertz CT molecular complexity index is 661. The van der Waals surface area contributed by atoms with Crippen LogP contribution in [0.3, 0.4) is 0 Å². The van der Waals surface area contributed by atoms with Crippen molar-refractivity contribution in [2.24, 2.45) is 0 Å². The van der Waals surface area contributed by atoms with Gasteiger partial charge in [0.15, 0.2) is 0 Å². The molecule has 5 N–H and O–H groups in total. The fourth-order valence-electron chi connectivity index (χ4n) is 2.54. The molecule has 1 aliphatic rings. The highest BCUT2D eigenvalue weighted by Gasteiger charge is 2.14. The second-order valence-electron chi connectivity index (χ2n) is 5.45. The van der Waals surface area contributed by atoms with Crippen molar-refractivity contribution in [2.45, 2.75) is 12.5 Å². The highest BCUT2D eigenvalue weighted by molar-refractivity contribution is 6.05. The number of nitrogens with one attached hydrogen (secondary N) is 3. The number of para-hydroxylation sites is 2. The smallest absolute Gasteiger partial charge is 0.255 e. The highest BCUT2D eigenvalue weighted by atomic mass is 35.5. The maximum absolute atomic E-state index is 12.2. The molecule has 3 rings (SSSR count). The average Bonchev–Trinajstić information content (AvgIpc) is 3.03. The summed E-state index contributed by atoms with van der Waals surface area (Å²) >= 11 is 0. The largest absolute Gasteiger partial charge is 0.397 e. The lowest BCUT2D eigenvalue weighted by molar-refractivity contribution is 0.102. The standard InChI is InChI=1S/C17H20N4O.3ClH/c18-15-3-1-2-4-16(15)21-17(22)12-5-7-13(8-6-12)20-14-9-10-19-11-14;;;/h1-8,14,19-20H,9-11,18H2,(H,21,22);3*1H/t14-;;;/m1.../s1. The number of hydrogen-bond acceptors (Lipinski definition) is 4. The van der Waals surface area contributed by atoms with Crippen LogP contribution in [0.15, 0.2) is 48.5 Å². The van der Waals surface area contributed by atoms with E-state index >= 15 is 0 Å². The van der Waals surface area contributed by atoms with Crippen molar-refractivity contribution in [1.82, 2.24) is 5.32 Å². The van der Waals surface area contributed by atoms with Crippen molar-refractivity contribution in [2.75, 3.05) is 29.5 Å². The molecule has 5 nitrogen and oxygen atoms in total. The summed E-state index contributed by atoms with van der Waals surface area (Å²) in [6, 6.07) is 15.2. The third-order valence-electron chi connectivity index (χ3n) is 3.79. The van der Waals surface area contributed by atoms with Crippen LogP contribution in [-0.2, 0) is 0 Å². The molecule has 0 radical (unpaired) electrons. The Hall–Kier alpha value is -1.66. The van der Waals surface area contributed by atoms with Crippen molar-refractivity contribution in [3.05, 3.63) is 54.1 Å². The Labute approximate surface area is 166 Å². The molecule has 1 amide bonds. The Morgan fingerprint density at radius 3 is 2.32 bits per heavy atom. The lowest BCUT2D eigenvalue weighted by atomic mass is 10.1. The predicted octanol–water partition coefficient (Wildman–Crippen LogP) is 3.56. The Morgan fingerprint density at radius 2 is 1.72 bits per heavy atom. The van der Waals surface area contributed by atoms with E-state index in [1.165, 1.54) is 0 Å². The lowest BCUT2D eigenvalue weighted by Gasteiger charge is -2.13. The number of carbonyl (C=O) groups is 1. The fourth-order valence-corrected chi connectivity index (χ4v) is 2.54. The molecule has 2 aromatic rings. The maximum atomic E-state index is 12.2. The van der Waals surface area contributed by atoms with Gasteiger partial charge in [-0.3, -0.25) is 4.79 Å². The first-order chi connectivity index (χ1) is 10.7. The van der Waals surface area contributed by atoms with E-state index in [0.717, 1.165) is 25.2 Å². The van der Waals surface area contributed by atoms with Crippen LogP contribution in [0.4, 0.5) is 17.1 Å². The molecule has 1 fully saturated rings. The summed E-state index contributed by atoms with van der Waals surface area (Å²) in [5.74, 6) is -0.160. The quantitative estimate of drug-likeness (QED) is 0.586. The molecular weight excluding hydrogens is 383 g/mol. The van der Waals surface area contributed by atoms with Gasteiger partial charge in [0.05, 0.1) is 11.4 Å². The third-order valence-corrected chi connectivity index (χ3v) is 3.79. The molecule has 1 heterocycles. The van der Waals surface area contributed by atoms with Crippen molar-refractivity contribution in [1.29, 1.82) is 0 Å². The van der Waals surface area contributed by atoms with Crippen LogP contribution >= 0.6 is 37.2 Å². The lowest BCUT2D eigenvalue weighted by Crippen LogP contribution is -2.22. The van der Waals surface area contributed by atoms with E-state index in [1.807, 2.05) is 36.4 Å². The van der Waals surface area contributed by atoms with E-state index in [-0.39, 0.29) is 43.1 Å². The van der Waals surface area contributed by atoms with Crippen LogP contribution in [0.5, 0.6) is 0 Å². The number of halogens is 3. The molecule has 2 aromatic carbocycles. The summed E-state index contributed by atoms with van der Waals surface area (Å²) in [5, 5.41) is 9.59. The molecule has 1 aliphatic heterocycles. The van der Waals surface area contributed by atoms with Crippen molar-refractivity contribution < 1.29 is 4.79 Å². The molecule has 25 heavy (non-hydrogen) atoms. The van der Waals surface area contributed by atoms with Gasteiger partial charge in [-0.05, 0) is 49.4 Å². The zero-order valence-electron chi connectivity index (χ0n) is 13.5. The number of hydrogen-bond donors (Lipinski definition) is 4. The minimum Gasteiger partial charge on any atom is -0.397 e. The van der Waals surface area contributed by atoms with Crippen LogP contribution in [0, 0.1) is 0 Å². The van der Waals surface area contributed by atoms with Crippen LogP contribution in [0.2, 0.25) is 0 Å². The number of amides is 1. The van der Waals surface area contributed by atoms with Gasteiger partial charge in [-0.25, -0.2) is 0 Å². The molecule has 0 bridgehead atoms. The van der Waals surface area contributed by atoms with E-state index in [1.54, 1.807) is 12.1 Å². The maximum Gasteiger partial charge on any atom is 0.255 e. The predicted molar refractivity (Wildman–Crippen MR) is 112 cm³/mol. The summed E-state index contributed by atoms with van der Waals surface area (Å²) in [4.78, 5) is 12.2. The summed E-state index contributed by atoms with van der Waals surface area (Å²) in [5.41, 5.74) is 8.66. The molecule has 1 saturated heterocycles. The zero-order valence-corrected chi connectivity index (χ0v) is 16.0. The topological polar surface area (TPSA) is 79.2 Å². The van der Waals surface area contributed by atoms with Gasteiger partial charge in [0.2, 0.25) is 0 Å². The van der Waals surface area contributed by atoms with Crippen LogP contribution < -0.4 is 21.7 Å². The molecule has 0 saturated carbocycles. The summed E-state index contributed by atoms with van der Waals surface area (Å²) in [7, 11) is 0. The normalized spacial score (nSPS) is 15.1. The van der Waals surface area contributed by atoms with Gasteiger partial charge in [0.25, 0.3) is 5.91 Å². The summed E-state index contributed by atoms with van der Waals surface area (Å²) in [6.07, 6.45) is 1.12. The number of rotatable bonds is 4. The number of anilines is 3. The molecule has 8 heteroatoms. The van der Waals surface area contributed by atoms with Gasteiger partial charge in [-0.2, -0.15) is 0 Å². The number of nitrogen functional groups attached to an aromatic ring is 1. The number of carbonyl (C=O) groups excluding carboxylic acids is 1. The molecule has 0 unspecified atom stereocenters. The number of nitrogens with two attached hydrogens (primary N) is 1. The van der Waals surface area contributed by atoms with E-state index in [0.29, 0.717) is 23.0 Å². The third kappa shape index (κ3) is 6.29. The zero-order chi connectivity index (χ0) is 15.4. The van der Waals surface area contributed by atoms with Crippen LogP contribution in [0.25, 0.3) is 0 Å². The van der Waals surface area contributed by atoms with Gasteiger partial charge in [0, 0.05) is 23.8 Å². The Morgan fingerprint density at radius 1 is 1.04 bits per heavy atom. The summed E-state index contributed by atoms with van der Waals surface area (Å²) in [6.45, 7) is 2.03. The van der Waals surface area contributed by atoms with Gasteiger partial charge < -0.3 is 21.7 Å². The summed E-state index contributed by atoms with van der Waals surface area (Å²) < 4.78 is 0. The van der Waals surface area contributed by atoms with Crippen LogP contribution in [0.1, 0.15) is 16.8 Å². The fraction of sp³-hybridized carbons (Fsp3) is 0.235. The second-order valence-corrected chi connectivity index (χ2v) is 5.45. The van der Waals surface area contributed by atoms with Crippen molar-refractivity contribution in [3.8, 4) is 0 Å². The number of benzene rings is 2. The van der Waals surface area contributed by atoms with E-state index in [4.69, 9.17) is 5.73 Å². The SMILES string of the molecule is Cl.Cl.Cl.Nc1ccccc1NC(=O)c1ccc(N[C@@H]2CCNC2)cc1. The minimum atomic E-state index is -0.160. The first-order valence-corrected chi connectivity index (χ1v) is 7.45. The molecule has 1 atom stereocenters. The molecule has 0 spiro atoms. The second kappa shape index (κ2) is 11.1. The molecular formula is C17H23Cl3N4O. The Kier molecular flexibility index (Phi) is 10.3. The first-order valence-electron chi connectivity index (χ1n) is 7.45. The van der Waals surface area contributed by atoms with Gasteiger partial charge in [-0.15, -0.1) is 37.2 Å². The average molecular weight is 406 g/mol. The van der Waals surface area contributed by atoms with Crippen LogP contribution in [-0.4, -0.2) is 25.0 Å². The minimum absolute atomic E-state index is 0. The molecule has 0 aromatic heterocycles. The van der Waals surface area contributed by atoms with Gasteiger partial charge in [0.1, 0.15) is 0 Å². The molecule has 138 valence electrons.